The number of rotatable bonds is 8. The van der Waals surface area contributed by atoms with Gasteiger partial charge in [0.1, 0.15) is 0 Å². The highest BCUT2D eigenvalue weighted by Crippen LogP contribution is 2.14. The zero-order valence-electron chi connectivity index (χ0n) is 12.9. The Labute approximate surface area is 146 Å². The summed E-state index contributed by atoms with van der Waals surface area (Å²) in [6.45, 7) is 0.313. The van der Waals surface area contributed by atoms with Crippen molar-refractivity contribution in [3.05, 3.63) is 65.7 Å². The largest absolute Gasteiger partial charge is 0.383 e. The van der Waals surface area contributed by atoms with Gasteiger partial charge in [0, 0.05) is 18.5 Å². The summed E-state index contributed by atoms with van der Waals surface area (Å²) in [5, 5.41) is 0.695. The van der Waals surface area contributed by atoms with Crippen molar-refractivity contribution in [3.63, 3.8) is 0 Å². The van der Waals surface area contributed by atoms with Crippen molar-refractivity contribution in [1.29, 1.82) is 0 Å². The number of alkyl halides is 1. The topological polar surface area (TPSA) is 55.4 Å². The number of sulfonamides is 1. The molecule has 0 aliphatic rings. The summed E-state index contributed by atoms with van der Waals surface area (Å²) in [6, 6.07) is 16.3. The van der Waals surface area contributed by atoms with Crippen LogP contribution in [0.1, 0.15) is 11.1 Å². The quantitative estimate of drug-likeness (QED) is 0.696. The normalized spacial score (nSPS) is 13.0. The summed E-state index contributed by atoms with van der Waals surface area (Å²) in [4.78, 5) is 0.261. The standard InChI is InChI=1S/C17H20BrNO3S/c1-22-13-16(11-14-5-3-2-4-6-14)19-23(20,21)17-9-7-15(12-18)8-10-17/h2-10,16,19H,11-13H2,1H3. The van der Waals surface area contributed by atoms with Gasteiger partial charge >= 0.3 is 0 Å². The molecular weight excluding hydrogens is 378 g/mol. The summed E-state index contributed by atoms with van der Waals surface area (Å²) in [5.41, 5.74) is 2.09. The van der Waals surface area contributed by atoms with Crippen LogP contribution in [0, 0.1) is 0 Å². The molecular formula is C17H20BrNO3S. The smallest absolute Gasteiger partial charge is 0.240 e. The number of methoxy groups -OCH3 is 1. The number of ether oxygens (including phenoxy) is 1. The lowest BCUT2D eigenvalue weighted by Gasteiger charge is -2.18. The van der Waals surface area contributed by atoms with Crippen molar-refractivity contribution in [1.82, 2.24) is 4.72 Å². The summed E-state index contributed by atoms with van der Waals surface area (Å²) >= 11 is 3.35. The predicted molar refractivity (Wildman–Crippen MR) is 95.2 cm³/mol. The van der Waals surface area contributed by atoms with Gasteiger partial charge in [-0.3, -0.25) is 0 Å². The highest BCUT2D eigenvalue weighted by Gasteiger charge is 2.20. The van der Waals surface area contributed by atoms with E-state index in [0.29, 0.717) is 18.4 Å². The van der Waals surface area contributed by atoms with E-state index in [1.807, 2.05) is 30.3 Å². The lowest BCUT2D eigenvalue weighted by atomic mass is 10.1. The molecule has 0 aliphatic heterocycles. The molecule has 1 atom stereocenters. The lowest BCUT2D eigenvalue weighted by Crippen LogP contribution is -2.39. The molecule has 6 heteroatoms. The van der Waals surface area contributed by atoms with E-state index in [1.54, 1.807) is 31.4 Å². The molecule has 4 nitrogen and oxygen atoms in total. The maximum atomic E-state index is 12.5. The second kappa shape index (κ2) is 8.59. The van der Waals surface area contributed by atoms with Gasteiger partial charge in [0.05, 0.1) is 11.5 Å². The Morgan fingerprint density at radius 2 is 1.70 bits per heavy atom. The number of nitrogens with one attached hydrogen (secondary N) is 1. The fourth-order valence-electron chi connectivity index (χ4n) is 2.28. The Balaban J connectivity index is 2.13. The van der Waals surface area contributed by atoms with Gasteiger partial charge in [0.15, 0.2) is 0 Å². The van der Waals surface area contributed by atoms with Crippen LogP contribution >= 0.6 is 15.9 Å². The average Bonchev–Trinajstić information content (AvgIpc) is 2.56. The van der Waals surface area contributed by atoms with Gasteiger partial charge in [0.2, 0.25) is 10.0 Å². The van der Waals surface area contributed by atoms with E-state index < -0.39 is 10.0 Å². The van der Waals surface area contributed by atoms with E-state index in [1.165, 1.54) is 0 Å². The fourth-order valence-corrected chi connectivity index (χ4v) is 3.87. The summed E-state index contributed by atoms with van der Waals surface area (Å²) < 4.78 is 33.0. The molecule has 23 heavy (non-hydrogen) atoms. The zero-order chi connectivity index (χ0) is 16.7. The monoisotopic (exact) mass is 397 g/mol. The molecule has 2 rings (SSSR count). The number of hydrogen-bond acceptors (Lipinski definition) is 3. The summed E-state index contributed by atoms with van der Waals surface area (Å²) in [6.07, 6.45) is 0.577. The van der Waals surface area contributed by atoms with Gasteiger partial charge in [-0.1, -0.05) is 58.4 Å². The maximum Gasteiger partial charge on any atom is 0.240 e. The van der Waals surface area contributed by atoms with Crippen molar-refractivity contribution in [3.8, 4) is 0 Å². The van der Waals surface area contributed by atoms with Gasteiger partial charge in [-0.2, -0.15) is 0 Å². The molecule has 0 amide bonds. The van der Waals surface area contributed by atoms with Crippen LogP contribution in [-0.4, -0.2) is 28.2 Å². The minimum atomic E-state index is -3.57. The molecule has 2 aromatic rings. The molecule has 0 spiro atoms. The van der Waals surface area contributed by atoms with E-state index in [-0.39, 0.29) is 10.9 Å². The molecule has 124 valence electrons. The SMILES string of the molecule is COCC(Cc1ccccc1)NS(=O)(=O)c1ccc(CBr)cc1. The molecule has 1 unspecified atom stereocenters. The second-order valence-corrected chi connectivity index (χ2v) is 7.52. The van der Waals surface area contributed by atoms with E-state index in [4.69, 9.17) is 4.74 Å². The highest BCUT2D eigenvalue weighted by molar-refractivity contribution is 9.08. The van der Waals surface area contributed by atoms with Gasteiger partial charge in [0.25, 0.3) is 0 Å². The van der Waals surface area contributed by atoms with E-state index in [0.717, 1.165) is 11.1 Å². The van der Waals surface area contributed by atoms with E-state index in [9.17, 15) is 8.42 Å². The van der Waals surface area contributed by atoms with Crippen molar-refractivity contribution < 1.29 is 13.2 Å². The molecule has 0 fully saturated rings. The van der Waals surface area contributed by atoms with Crippen LogP contribution in [0.2, 0.25) is 0 Å². The zero-order valence-corrected chi connectivity index (χ0v) is 15.3. The second-order valence-electron chi connectivity index (χ2n) is 5.24. The summed E-state index contributed by atoms with van der Waals surface area (Å²) in [5.74, 6) is 0. The van der Waals surface area contributed by atoms with Gasteiger partial charge in [-0.05, 0) is 29.7 Å². The molecule has 0 aliphatic carbocycles. The van der Waals surface area contributed by atoms with Crippen molar-refractivity contribution in [2.24, 2.45) is 0 Å². The molecule has 0 heterocycles. The number of benzene rings is 2. The Hall–Kier alpha value is -1.21. The maximum absolute atomic E-state index is 12.5. The van der Waals surface area contributed by atoms with Gasteiger partial charge in [-0.15, -0.1) is 0 Å². The third-order valence-corrected chi connectivity index (χ3v) is 5.59. The van der Waals surface area contributed by atoms with Crippen molar-refractivity contribution in [2.75, 3.05) is 13.7 Å². The Morgan fingerprint density at radius 3 is 2.26 bits per heavy atom. The van der Waals surface area contributed by atoms with Crippen LogP contribution in [0.25, 0.3) is 0 Å². The third-order valence-electron chi connectivity index (χ3n) is 3.40. The van der Waals surface area contributed by atoms with Crippen LogP contribution in [0.5, 0.6) is 0 Å². The Morgan fingerprint density at radius 1 is 1.04 bits per heavy atom. The molecule has 0 radical (unpaired) electrons. The molecule has 0 saturated heterocycles. The molecule has 0 aromatic heterocycles. The highest BCUT2D eigenvalue weighted by atomic mass is 79.9. The van der Waals surface area contributed by atoms with Crippen LogP contribution in [0.15, 0.2) is 59.5 Å². The average molecular weight is 398 g/mol. The molecule has 2 aromatic carbocycles. The minimum absolute atomic E-state index is 0.261. The minimum Gasteiger partial charge on any atom is -0.383 e. The van der Waals surface area contributed by atoms with Crippen molar-refractivity contribution >= 4 is 26.0 Å². The predicted octanol–water partition coefficient (Wildman–Crippen LogP) is 3.12. The van der Waals surface area contributed by atoms with Crippen LogP contribution < -0.4 is 4.72 Å². The van der Waals surface area contributed by atoms with Crippen LogP contribution in [0.4, 0.5) is 0 Å². The van der Waals surface area contributed by atoms with E-state index >= 15 is 0 Å². The Bertz CT molecular complexity index is 702. The molecule has 0 saturated carbocycles. The lowest BCUT2D eigenvalue weighted by molar-refractivity contribution is 0.174. The first-order valence-electron chi connectivity index (χ1n) is 7.25. The first kappa shape index (κ1) is 18.1. The van der Waals surface area contributed by atoms with Crippen molar-refractivity contribution in [2.45, 2.75) is 22.7 Å². The van der Waals surface area contributed by atoms with Crippen LogP contribution in [0.3, 0.4) is 0 Å². The molecule has 1 N–H and O–H groups in total. The van der Waals surface area contributed by atoms with Gasteiger partial charge in [-0.25, -0.2) is 13.1 Å². The third kappa shape index (κ3) is 5.42. The summed E-state index contributed by atoms with van der Waals surface area (Å²) in [7, 11) is -2.01. The Kier molecular flexibility index (Phi) is 6.77. The molecule has 0 bridgehead atoms. The number of hydrogen-bond donors (Lipinski definition) is 1. The van der Waals surface area contributed by atoms with Gasteiger partial charge < -0.3 is 4.74 Å². The first-order valence-corrected chi connectivity index (χ1v) is 9.85. The fraction of sp³-hybridized carbons (Fsp3) is 0.294. The first-order chi connectivity index (χ1) is 11.0. The van der Waals surface area contributed by atoms with Crippen LogP contribution in [-0.2, 0) is 26.5 Å². The number of halogens is 1. The van der Waals surface area contributed by atoms with E-state index in [2.05, 4.69) is 20.7 Å².